The van der Waals surface area contributed by atoms with E-state index in [1.165, 1.54) is 0 Å². The summed E-state index contributed by atoms with van der Waals surface area (Å²) in [7, 11) is 0. The molecule has 0 aromatic heterocycles. The molecule has 106 valence electrons. The van der Waals surface area contributed by atoms with Gasteiger partial charge in [0.2, 0.25) is 0 Å². The minimum atomic E-state index is -0.423. The van der Waals surface area contributed by atoms with Crippen LogP contribution in [0.2, 0.25) is 0 Å². The summed E-state index contributed by atoms with van der Waals surface area (Å²) in [6.07, 6.45) is -0.212. The first-order valence-electron chi connectivity index (χ1n) is 6.68. The van der Waals surface area contributed by atoms with Gasteiger partial charge in [-0.3, -0.25) is 4.90 Å². The molecule has 0 radical (unpaired) electrons. The molecule has 18 heavy (non-hydrogen) atoms. The molecule has 5 heteroatoms. The zero-order chi connectivity index (χ0) is 13.9. The molecule has 0 saturated carbocycles. The number of piperazine rings is 1. The number of hydrogen-bond acceptors (Lipinski definition) is 4. The van der Waals surface area contributed by atoms with Gasteiger partial charge in [0.05, 0.1) is 0 Å². The van der Waals surface area contributed by atoms with Crippen molar-refractivity contribution in [2.24, 2.45) is 5.73 Å². The van der Waals surface area contributed by atoms with Gasteiger partial charge in [0.25, 0.3) is 0 Å². The minimum Gasteiger partial charge on any atom is -0.444 e. The second-order valence-corrected chi connectivity index (χ2v) is 6.10. The van der Waals surface area contributed by atoms with E-state index in [0.717, 1.165) is 13.1 Å². The van der Waals surface area contributed by atoms with Crippen molar-refractivity contribution in [3.63, 3.8) is 0 Å². The van der Waals surface area contributed by atoms with Gasteiger partial charge < -0.3 is 15.4 Å². The first-order valence-corrected chi connectivity index (χ1v) is 6.68. The summed E-state index contributed by atoms with van der Waals surface area (Å²) in [5.41, 5.74) is 5.47. The molecule has 1 fully saturated rings. The molecule has 5 nitrogen and oxygen atoms in total. The van der Waals surface area contributed by atoms with Crippen LogP contribution in [0.15, 0.2) is 0 Å². The Morgan fingerprint density at radius 3 is 2.06 bits per heavy atom. The summed E-state index contributed by atoms with van der Waals surface area (Å²) in [4.78, 5) is 16.0. The number of nitrogens with two attached hydrogens (primary N) is 1. The van der Waals surface area contributed by atoms with Gasteiger partial charge in [-0.2, -0.15) is 0 Å². The van der Waals surface area contributed by atoms with E-state index in [4.69, 9.17) is 10.5 Å². The lowest BCUT2D eigenvalue weighted by atomic mass is 10.1. The van der Waals surface area contributed by atoms with Crippen LogP contribution < -0.4 is 5.73 Å². The molecular weight excluding hydrogens is 230 g/mol. The van der Waals surface area contributed by atoms with Gasteiger partial charge in [-0.1, -0.05) is 0 Å². The summed E-state index contributed by atoms with van der Waals surface area (Å²) in [5.74, 6) is 0. The van der Waals surface area contributed by atoms with Crippen LogP contribution in [0.25, 0.3) is 0 Å². The van der Waals surface area contributed by atoms with Crippen LogP contribution in [0.3, 0.4) is 0 Å². The van der Waals surface area contributed by atoms with Crippen LogP contribution in [0, 0.1) is 0 Å². The fraction of sp³-hybridized carbons (Fsp3) is 0.923. The quantitative estimate of drug-likeness (QED) is 0.809. The second-order valence-electron chi connectivity index (χ2n) is 6.10. The summed E-state index contributed by atoms with van der Waals surface area (Å²) in [6.45, 7) is 13.0. The molecule has 0 aromatic carbocycles. The lowest BCUT2D eigenvalue weighted by Crippen LogP contribution is -2.55. The van der Waals surface area contributed by atoms with Crippen molar-refractivity contribution < 1.29 is 9.53 Å². The van der Waals surface area contributed by atoms with Gasteiger partial charge in [-0.15, -0.1) is 0 Å². The zero-order valence-electron chi connectivity index (χ0n) is 12.3. The van der Waals surface area contributed by atoms with E-state index in [-0.39, 0.29) is 12.1 Å². The number of rotatable bonds is 2. The summed E-state index contributed by atoms with van der Waals surface area (Å²) in [5, 5.41) is 0. The van der Waals surface area contributed by atoms with E-state index in [1.807, 2.05) is 27.7 Å². The Labute approximate surface area is 110 Å². The lowest BCUT2D eigenvalue weighted by Gasteiger charge is -2.39. The van der Waals surface area contributed by atoms with E-state index in [1.54, 1.807) is 4.90 Å². The fourth-order valence-electron chi connectivity index (χ4n) is 1.97. The van der Waals surface area contributed by atoms with Crippen LogP contribution in [0.4, 0.5) is 4.79 Å². The molecule has 1 amide bonds. The van der Waals surface area contributed by atoms with Crippen LogP contribution in [0.5, 0.6) is 0 Å². The van der Waals surface area contributed by atoms with Crippen molar-refractivity contribution >= 4 is 6.09 Å². The molecule has 2 atom stereocenters. The second kappa shape index (κ2) is 5.89. The Balaban J connectivity index is 2.42. The highest BCUT2D eigenvalue weighted by atomic mass is 16.6. The molecule has 0 bridgehead atoms. The summed E-state index contributed by atoms with van der Waals surface area (Å²) in [6, 6.07) is 0.504. The van der Waals surface area contributed by atoms with Crippen molar-refractivity contribution in [1.82, 2.24) is 9.80 Å². The first kappa shape index (κ1) is 15.2. The van der Waals surface area contributed by atoms with Crippen molar-refractivity contribution in [2.75, 3.05) is 26.2 Å². The number of amides is 1. The van der Waals surface area contributed by atoms with Crippen LogP contribution in [-0.4, -0.2) is 59.8 Å². The maximum Gasteiger partial charge on any atom is 0.410 e. The van der Waals surface area contributed by atoms with Gasteiger partial charge in [0.1, 0.15) is 5.60 Å². The summed E-state index contributed by atoms with van der Waals surface area (Å²) < 4.78 is 5.36. The Kier molecular flexibility index (Phi) is 4.99. The predicted octanol–water partition coefficient (Wildman–Crippen LogP) is 1.27. The molecule has 0 spiro atoms. The molecule has 1 rings (SSSR count). The third-order valence-corrected chi connectivity index (χ3v) is 3.30. The van der Waals surface area contributed by atoms with Gasteiger partial charge in [-0.25, -0.2) is 4.79 Å². The highest BCUT2D eigenvalue weighted by molar-refractivity contribution is 5.68. The standard InChI is InChI=1S/C13H27N3O2/c1-10(14)11(2)15-6-8-16(9-7-15)12(17)18-13(3,4)5/h10-11H,6-9,14H2,1-5H3/t10?,11-/m1/s1. The van der Waals surface area contributed by atoms with Crippen LogP contribution >= 0.6 is 0 Å². The van der Waals surface area contributed by atoms with Crippen LogP contribution in [-0.2, 0) is 4.74 Å². The number of ether oxygens (including phenoxy) is 1. The van der Waals surface area contributed by atoms with Gasteiger partial charge in [-0.05, 0) is 34.6 Å². The molecule has 1 saturated heterocycles. The van der Waals surface area contributed by atoms with Crippen molar-refractivity contribution in [3.8, 4) is 0 Å². The topological polar surface area (TPSA) is 58.8 Å². The highest BCUT2D eigenvalue weighted by Gasteiger charge is 2.28. The predicted molar refractivity (Wildman–Crippen MR) is 72.5 cm³/mol. The number of carbonyl (C=O) groups is 1. The van der Waals surface area contributed by atoms with E-state index in [9.17, 15) is 4.79 Å². The highest BCUT2D eigenvalue weighted by Crippen LogP contribution is 2.13. The van der Waals surface area contributed by atoms with E-state index in [0.29, 0.717) is 19.1 Å². The third kappa shape index (κ3) is 4.46. The molecule has 1 unspecified atom stereocenters. The third-order valence-electron chi connectivity index (χ3n) is 3.30. The zero-order valence-corrected chi connectivity index (χ0v) is 12.3. The smallest absolute Gasteiger partial charge is 0.410 e. The Hall–Kier alpha value is -0.810. The Morgan fingerprint density at radius 2 is 1.67 bits per heavy atom. The SMILES string of the molecule is CC(N)[C@@H](C)N1CCN(C(=O)OC(C)(C)C)CC1. The number of nitrogens with zero attached hydrogens (tertiary/aromatic N) is 2. The summed E-state index contributed by atoms with van der Waals surface area (Å²) >= 11 is 0. The Morgan fingerprint density at radius 1 is 1.17 bits per heavy atom. The first-order chi connectivity index (χ1) is 8.20. The van der Waals surface area contributed by atoms with Gasteiger partial charge in [0.15, 0.2) is 0 Å². The molecular formula is C13H27N3O2. The average molecular weight is 257 g/mol. The number of carbonyl (C=O) groups excluding carboxylic acids is 1. The van der Waals surface area contributed by atoms with Crippen molar-refractivity contribution in [3.05, 3.63) is 0 Å². The van der Waals surface area contributed by atoms with Crippen molar-refractivity contribution in [2.45, 2.75) is 52.3 Å². The van der Waals surface area contributed by atoms with Gasteiger partial charge >= 0.3 is 6.09 Å². The van der Waals surface area contributed by atoms with E-state index in [2.05, 4.69) is 11.8 Å². The molecule has 0 aliphatic carbocycles. The maximum absolute atomic E-state index is 11.9. The molecule has 1 aliphatic heterocycles. The average Bonchev–Trinajstić information content (AvgIpc) is 2.26. The largest absolute Gasteiger partial charge is 0.444 e. The lowest BCUT2D eigenvalue weighted by molar-refractivity contribution is 0.0103. The Bertz CT molecular complexity index is 278. The fourth-order valence-corrected chi connectivity index (χ4v) is 1.97. The van der Waals surface area contributed by atoms with Crippen LogP contribution in [0.1, 0.15) is 34.6 Å². The monoisotopic (exact) mass is 257 g/mol. The van der Waals surface area contributed by atoms with Gasteiger partial charge in [0, 0.05) is 38.3 Å². The van der Waals surface area contributed by atoms with E-state index >= 15 is 0 Å². The number of hydrogen-bond donors (Lipinski definition) is 1. The normalized spacial score (nSPS) is 21.6. The molecule has 0 aromatic rings. The van der Waals surface area contributed by atoms with E-state index < -0.39 is 5.60 Å². The maximum atomic E-state index is 11.9. The minimum absolute atomic E-state index is 0.151. The molecule has 2 N–H and O–H groups in total. The molecule has 1 heterocycles. The molecule has 1 aliphatic rings. The van der Waals surface area contributed by atoms with Crippen molar-refractivity contribution in [1.29, 1.82) is 0 Å².